The Bertz CT molecular complexity index is 873. The van der Waals surface area contributed by atoms with Crippen LogP contribution in [0.2, 0.25) is 0 Å². The average molecular weight is 318 g/mol. The van der Waals surface area contributed by atoms with Crippen molar-refractivity contribution in [1.82, 2.24) is 0 Å². The Labute approximate surface area is 140 Å². The molecule has 0 aromatic heterocycles. The molecular formula is C21H18O3. The molecule has 3 heteroatoms. The van der Waals surface area contributed by atoms with Crippen LogP contribution in [0.4, 0.5) is 0 Å². The molecular weight excluding hydrogens is 300 g/mol. The largest absolute Gasteiger partial charge is 0.365 e. The van der Waals surface area contributed by atoms with Crippen LogP contribution in [0.3, 0.4) is 0 Å². The van der Waals surface area contributed by atoms with E-state index in [1.54, 1.807) is 0 Å². The highest BCUT2D eigenvalue weighted by Gasteiger charge is 2.34. The van der Waals surface area contributed by atoms with E-state index in [1.807, 2.05) is 36.4 Å². The average Bonchev–Trinajstić information content (AvgIpc) is 3.04. The predicted octanol–water partition coefficient (Wildman–Crippen LogP) is 3.37. The summed E-state index contributed by atoms with van der Waals surface area (Å²) in [6, 6.07) is 15.9. The molecule has 0 bridgehead atoms. The molecule has 0 aliphatic heterocycles. The van der Waals surface area contributed by atoms with Crippen LogP contribution in [0.5, 0.6) is 0 Å². The van der Waals surface area contributed by atoms with Crippen molar-refractivity contribution in [1.29, 1.82) is 0 Å². The standard InChI is InChI=1S/C21H18O3/c22-20-13-21(23,24)12-18-9-8-17(11-19(18)20)16-7-6-15(10-16)14-4-2-1-3-5-14/h1-6,8-11,23-24H,7,12-13H2. The Hall–Kier alpha value is -2.49. The summed E-state index contributed by atoms with van der Waals surface area (Å²) in [6.07, 6.45) is 5.04. The number of carbonyl (C=O) groups is 1. The van der Waals surface area contributed by atoms with Crippen LogP contribution in [0, 0.1) is 0 Å². The third-order valence-electron chi connectivity index (χ3n) is 4.68. The van der Waals surface area contributed by atoms with Gasteiger partial charge in [-0.05, 0) is 40.3 Å². The van der Waals surface area contributed by atoms with Gasteiger partial charge in [-0.3, -0.25) is 4.79 Å². The highest BCUT2D eigenvalue weighted by Crippen LogP contribution is 2.35. The van der Waals surface area contributed by atoms with Crippen LogP contribution in [-0.4, -0.2) is 21.8 Å². The van der Waals surface area contributed by atoms with Gasteiger partial charge in [-0.25, -0.2) is 0 Å². The number of fused-ring (bicyclic) bond motifs is 1. The van der Waals surface area contributed by atoms with Gasteiger partial charge in [0.15, 0.2) is 11.6 Å². The van der Waals surface area contributed by atoms with Crippen LogP contribution in [0.15, 0.2) is 60.7 Å². The van der Waals surface area contributed by atoms with Gasteiger partial charge in [0.2, 0.25) is 0 Å². The van der Waals surface area contributed by atoms with Crippen LogP contribution in [0.25, 0.3) is 11.1 Å². The molecule has 3 nitrogen and oxygen atoms in total. The number of carbonyl (C=O) groups excluding carboxylic acids is 1. The van der Waals surface area contributed by atoms with E-state index in [0.717, 1.165) is 12.0 Å². The Morgan fingerprint density at radius 2 is 1.71 bits per heavy atom. The lowest BCUT2D eigenvalue weighted by molar-refractivity contribution is -0.157. The number of hydrogen-bond donors (Lipinski definition) is 2. The van der Waals surface area contributed by atoms with Crippen molar-refractivity contribution in [2.75, 3.05) is 0 Å². The van der Waals surface area contributed by atoms with Gasteiger partial charge < -0.3 is 10.2 Å². The number of hydrogen-bond acceptors (Lipinski definition) is 3. The molecule has 4 rings (SSSR count). The molecule has 2 aromatic carbocycles. The topological polar surface area (TPSA) is 57.5 Å². The molecule has 24 heavy (non-hydrogen) atoms. The number of ketones is 1. The van der Waals surface area contributed by atoms with Gasteiger partial charge in [-0.1, -0.05) is 54.6 Å². The fourth-order valence-corrected chi connectivity index (χ4v) is 3.47. The molecule has 0 fully saturated rings. The van der Waals surface area contributed by atoms with E-state index in [0.29, 0.717) is 11.1 Å². The predicted molar refractivity (Wildman–Crippen MR) is 93.3 cm³/mol. The van der Waals surface area contributed by atoms with Crippen molar-refractivity contribution in [2.24, 2.45) is 0 Å². The zero-order valence-corrected chi connectivity index (χ0v) is 13.2. The molecule has 0 saturated carbocycles. The molecule has 2 aliphatic carbocycles. The molecule has 0 unspecified atom stereocenters. The normalized spacial score (nSPS) is 18.8. The van der Waals surface area contributed by atoms with Gasteiger partial charge in [-0.15, -0.1) is 0 Å². The van der Waals surface area contributed by atoms with Gasteiger partial charge >= 0.3 is 0 Å². The fraction of sp³-hybridized carbons (Fsp3) is 0.190. The smallest absolute Gasteiger partial charge is 0.173 e. The van der Waals surface area contributed by atoms with E-state index in [1.165, 1.54) is 16.7 Å². The number of rotatable bonds is 2. The first-order valence-electron chi connectivity index (χ1n) is 8.09. The molecule has 0 radical (unpaired) electrons. The summed E-state index contributed by atoms with van der Waals surface area (Å²) in [4.78, 5) is 12.2. The molecule has 0 amide bonds. The van der Waals surface area contributed by atoms with Crippen molar-refractivity contribution in [2.45, 2.75) is 25.0 Å². The second-order valence-electron chi connectivity index (χ2n) is 6.53. The van der Waals surface area contributed by atoms with E-state index in [9.17, 15) is 15.0 Å². The number of aliphatic hydroxyl groups is 2. The van der Waals surface area contributed by atoms with Crippen molar-refractivity contribution in [3.8, 4) is 0 Å². The molecule has 0 atom stereocenters. The van der Waals surface area contributed by atoms with Crippen LogP contribution >= 0.6 is 0 Å². The van der Waals surface area contributed by atoms with E-state index < -0.39 is 5.79 Å². The van der Waals surface area contributed by atoms with Crippen LogP contribution in [-0.2, 0) is 6.42 Å². The maximum absolute atomic E-state index is 12.2. The van der Waals surface area contributed by atoms with Gasteiger partial charge in [0.05, 0.1) is 6.42 Å². The first-order valence-corrected chi connectivity index (χ1v) is 8.09. The number of Topliss-reactive ketones (excluding diaryl/α,β-unsaturated/α-hetero) is 1. The second kappa shape index (κ2) is 5.55. The van der Waals surface area contributed by atoms with Crippen LogP contribution < -0.4 is 0 Å². The molecule has 0 saturated heterocycles. The zero-order chi connectivity index (χ0) is 16.7. The lowest BCUT2D eigenvalue weighted by atomic mass is 9.84. The number of allylic oxidation sites excluding steroid dienone is 4. The summed E-state index contributed by atoms with van der Waals surface area (Å²) in [6.45, 7) is 0. The molecule has 0 heterocycles. The second-order valence-corrected chi connectivity index (χ2v) is 6.53. The molecule has 2 N–H and O–H groups in total. The van der Waals surface area contributed by atoms with Crippen molar-refractivity contribution < 1.29 is 15.0 Å². The fourth-order valence-electron chi connectivity index (χ4n) is 3.47. The lowest BCUT2D eigenvalue weighted by Gasteiger charge is -2.27. The summed E-state index contributed by atoms with van der Waals surface area (Å²) in [5.74, 6) is -2.13. The quantitative estimate of drug-likeness (QED) is 0.835. The van der Waals surface area contributed by atoms with Gasteiger partial charge in [0, 0.05) is 12.0 Å². The first kappa shape index (κ1) is 15.1. The minimum atomic E-state index is -1.92. The molecule has 2 aliphatic rings. The Balaban J connectivity index is 1.66. The van der Waals surface area contributed by atoms with Crippen LogP contribution in [0.1, 0.15) is 39.9 Å². The van der Waals surface area contributed by atoms with Crippen molar-refractivity contribution >= 4 is 16.9 Å². The number of benzene rings is 2. The summed E-state index contributed by atoms with van der Waals surface area (Å²) in [5, 5.41) is 19.5. The molecule has 0 spiro atoms. The van der Waals surface area contributed by atoms with E-state index in [4.69, 9.17) is 0 Å². The van der Waals surface area contributed by atoms with Gasteiger partial charge in [0.25, 0.3) is 0 Å². The third kappa shape index (κ3) is 2.73. The highest BCUT2D eigenvalue weighted by atomic mass is 16.5. The zero-order valence-electron chi connectivity index (χ0n) is 13.2. The minimum absolute atomic E-state index is 0.0981. The summed E-state index contributed by atoms with van der Waals surface area (Å²) in [7, 11) is 0. The Morgan fingerprint density at radius 3 is 2.50 bits per heavy atom. The van der Waals surface area contributed by atoms with Gasteiger partial charge in [-0.2, -0.15) is 0 Å². The monoisotopic (exact) mass is 318 g/mol. The SMILES string of the molecule is O=C1CC(O)(O)Cc2ccc(C3=CC(c4ccccc4)=CC3)cc21. The Kier molecular flexibility index (Phi) is 3.48. The molecule has 2 aromatic rings. The van der Waals surface area contributed by atoms with E-state index >= 15 is 0 Å². The summed E-state index contributed by atoms with van der Waals surface area (Å²) in [5.41, 5.74) is 5.89. The highest BCUT2D eigenvalue weighted by molar-refractivity contribution is 6.00. The minimum Gasteiger partial charge on any atom is -0.365 e. The third-order valence-corrected chi connectivity index (χ3v) is 4.68. The van der Waals surface area contributed by atoms with Crippen molar-refractivity contribution in [3.63, 3.8) is 0 Å². The van der Waals surface area contributed by atoms with E-state index in [-0.39, 0.29) is 18.6 Å². The lowest BCUT2D eigenvalue weighted by Crippen LogP contribution is -2.38. The maximum Gasteiger partial charge on any atom is 0.173 e. The van der Waals surface area contributed by atoms with E-state index in [2.05, 4.69) is 24.3 Å². The maximum atomic E-state index is 12.2. The Morgan fingerprint density at radius 1 is 0.917 bits per heavy atom. The van der Waals surface area contributed by atoms with Gasteiger partial charge in [0.1, 0.15) is 0 Å². The summed E-state index contributed by atoms with van der Waals surface area (Å²) >= 11 is 0. The van der Waals surface area contributed by atoms with Crippen molar-refractivity contribution in [3.05, 3.63) is 82.9 Å². The molecule has 120 valence electrons. The summed E-state index contributed by atoms with van der Waals surface area (Å²) < 4.78 is 0. The first-order chi connectivity index (χ1) is 11.5.